The van der Waals surface area contributed by atoms with Crippen molar-refractivity contribution in [3.63, 3.8) is 0 Å². The van der Waals surface area contributed by atoms with E-state index >= 15 is 0 Å². The molecule has 146 valence electrons. The molecule has 1 N–H and O–H groups in total. The van der Waals surface area contributed by atoms with Gasteiger partial charge in [-0.25, -0.2) is 13.1 Å². The van der Waals surface area contributed by atoms with Gasteiger partial charge < -0.3 is 4.90 Å². The number of nitrogens with zero attached hydrogens (tertiary/aromatic N) is 3. The van der Waals surface area contributed by atoms with Crippen LogP contribution in [0.15, 0.2) is 23.1 Å². The van der Waals surface area contributed by atoms with Gasteiger partial charge in [-0.2, -0.15) is 5.10 Å². The minimum Gasteiger partial charge on any atom is -0.309 e. The number of carbonyl (C=O) groups excluding carboxylic acids is 1. The summed E-state index contributed by atoms with van der Waals surface area (Å²) in [6.07, 6.45) is 0.656. The lowest BCUT2D eigenvalue weighted by molar-refractivity contribution is -0.116. The van der Waals surface area contributed by atoms with E-state index in [1.54, 1.807) is 23.1 Å². The van der Waals surface area contributed by atoms with Gasteiger partial charge in [0.05, 0.1) is 17.1 Å². The molecule has 0 saturated carbocycles. The van der Waals surface area contributed by atoms with Crippen LogP contribution in [0.1, 0.15) is 36.4 Å². The minimum absolute atomic E-state index is 0.0323. The smallest absolute Gasteiger partial charge is 0.240 e. The monoisotopic (exact) mass is 390 g/mol. The van der Waals surface area contributed by atoms with Crippen LogP contribution in [-0.2, 0) is 27.8 Å². The number of aryl methyl sites for hydroxylation is 1. The van der Waals surface area contributed by atoms with Crippen LogP contribution in [0.3, 0.4) is 0 Å². The Morgan fingerprint density at radius 2 is 2.00 bits per heavy atom. The molecule has 2 heterocycles. The molecule has 0 unspecified atom stereocenters. The Balaban J connectivity index is 1.73. The highest BCUT2D eigenvalue weighted by Crippen LogP contribution is 2.33. The molecule has 1 aliphatic heterocycles. The fourth-order valence-electron chi connectivity index (χ4n) is 3.63. The molecule has 0 radical (unpaired) electrons. The van der Waals surface area contributed by atoms with Gasteiger partial charge >= 0.3 is 0 Å². The molecule has 0 fully saturated rings. The first kappa shape index (κ1) is 19.6. The zero-order valence-corrected chi connectivity index (χ0v) is 17.2. The van der Waals surface area contributed by atoms with E-state index in [4.69, 9.17) is 0 Å². The number of sulfonamides is 1. The molecule has 2 aromatic rings. The Kier molecular flexibility index (Phi) is 5.14. The van der Waals surface area contributed by atoms with Crippen LogP contribution in [0.25, 0.3) is 0 Å². The molecular formula is C19H26N4O3S. The predicted molar refractivity (Wildman–Crippen MR) is 104 cm³/mol. The largest absolute Gasteiger partial charge is 0.309 e. The second-order valence-corrected chi connectivity index (χ2v) is 8.92. The first-order valence-electron chi connectivity index (χ1n) is 9.05. The van der Waals surface area contributed by atoms with E-state index in [-0.39, 0.29) is 23.4 Å². The number of amides is 1. The standard InChI is InChI=1S/C19H26N4O3S/c1-12-10-17-11-18(6-7-19(17)23(12)16(5)24)27(25,26)20-8-9-22-15(4)13(2)14(3)21-22/h6-7,11-12,20H,8-10H2,1-5H3/t12-/m0/s1. The molecule has 0 saturated heterocycles. The summed E-state index contributed by atoms with van der Waals surface area (Å²) in [4.78, 5) is 13.8. The SMILES string of the molecule is CC(=O)N1c2ccc(S(=O)(=O)NCCn3nc(C)c(C)c3C)cc2C[C@@H]1C. The maximum Gasteiger partial charge on any atom is 0.240 e. The third-order valence-corrected chi connectivity index (χ3v) is 6.73. The Morgan fingerprint density at radius 1 is 1.30 bits per heavy atom. The van der Waals surface area contributed by atoms with Crippen molar-refractivity contribution in [3.05, 3.63) is 40.7 Å². The van der Waals surface area contributed by atoms with E-state index in [0.29, 0.717) is 13.0 Å². The fourth-order valence-corrected chi connectivity index (χ4v) is 4.70. The average Bonchev–Trinajstić information content (AvgIpc) is 3.05. The van der Waals surface area contributed by atoms with Gasteiger partial charge in [0.2, 0.25) is 15.9 Å². The quantitative estimate of drug-likeness (QED) is 0.847. The number of carbonyl (C=O) groups is 1. The molecule has 1 aromatic heterocycles. The van der Waals surface area contributed by atoms with Crippen molar-refractivity contribution in [2.75, 3.05) is 11.4 Å². The van der Waals surface area contributed by atoms with Gasteiger partial charge in [0, 0.05) is 30.9 Å². The Labute approximate surface area is 160 Å². The molecule has 0 aliphatic carbocycles. The number of hydrogen-bond donors (Lipinski definition) is 1. The van der Waals surface area contributed by atoms with Gasteiger partial charge in [-0.1, -0.05) is 0 Å². The fraction of sp³-hybridized carbons (Fsp3) is 0.474. The summed E-state index contributed by atoms with van der Waals surface area (Å²) in [6.45, 7) is 10.2. The van der Waals surface area contributed by atoms with Crippen LogP contribution < -0.4 is 9.62 Å². The maximum absolute atomic E-state index is 12.7. The van der Waals surface area contributed by atoms with Crippen molar-refractivity contribution >= 4 is 21.6 Å². The van der Waals surface area contributed by atoms with Crippen molar-refractivity contribution in [1.29, 1.82) is 0 Å². The third-order valence-electron chi connectivity index (χ3n) is 5.28. The van der Waals surface area contributed by atoms with Gasteiger partial charge in [0.1, 0.15) is 0 Å². The molecule has 1 aromatic carbocycles. The van der Waals surface area contributed by atoms with Gasteiger partial charge in [0.25, 0.3) is 0 Å². The highest BCUT2D eigenvalue weighted by Gasteiger charge is 2.30. The number of fused-ring (bicyclic) bond motifs is 1. The average molecular weight is 391 g/mol. The molecule has 1 atom stereocenters. The van der Waals surface area contributed by atoms with E-state index in [2.05, 4.69) is 9.82 Å². The maximum atomic E-state index is 12.7. The molecule has 1 amide bonds. The van der Waals surface area contributed by atoms with E-state index in [1.165, 1.54) is 6.92 Å². The third kappa shape index (κ3) is 3.64. The summed E-state index contributed by atoms with van der Waals surface area (Å²) in [5, 5.41) is 4.43. The second-order valence-electron chi connectivity index (χ2n) is 7.15. The molecule has 1 aliphatic rings. The van der Waals surface area contributed by atoms with E-state index in [1.807, 2.05) is 32.4 Å². The first-order chi connectivity index (χ1) is 12.6. The van der Waals surface area contributed by atoms with Crippen molar-refractivity contribution < 1.29 is 13.2 Å². The molecule has 3 rings (SSSR count). The lowest BCUT2D eigenvalue weighted by Crippen LogP contribution is -2.33. The molecule has 0 bridgehead atoms. The van der Waals surface area contributed by atoms with Crippen molar-refractivity contribution in [2.45, 2.75) is 58.5 Å². The van der Waals surface area contributed by atoms with E-state index in [0.717, 1.165) is 28.2 Å². The minimum atomic E-state index is -3.62. The van der Waals surface area contributed by atoms with E-state index < -0.39 is 10.0 Å². The Bertz CT molecular complexity index is 995. The number of hydrogen-bond acceptors (Lipinski definition) is 4. The lowest BCUT2D eigenvalue weighted by Gasteiger charge is -2.20. The van der Waals surface area contributed by atoms with Crippen molar-refractivity contribution in [3.8, 4) is 0 Å². The van der Waals surface area contributed by atoms with Gasteiger partial charge in [-0.3, -0.25) is 9.48 Å². The van der Waals surface area contributed by atoms with Gasteiger partial charge in [-0.05, 0) is 63.4 Å². The van der Waals surface area contributed by atoms with Crippen LogP contribution in [-0.4, -0.2) is 36.7 Å². The Morgan fingerprint density at radius 3 is 2.59 bits per heavy atom. The van der Waals surface area contributed by atoms with Crippen LogP contribution in [0.2, 0.25) is 0 Å². The van der Waals surface area contributed by atoms with Crippen LogP contribution >= 0.6 is 0 Å². The van der Waals surface area contributed by atoms with Crippen molar-refractivity contribution in [1.82, 2.24) is 14.5 Å². The molecule has 8 heteroatoms. The number of aromatic nitrogens is 2. The number of benzene rings is 1. The molecule has 7 nitrogen and oxygen atoms in total. The Hall–Kier alpha value is -2.19. The summed E-state index contributed by atoms with van der Waals surface area (Å²) in [5.41, 5.74) is 4.81. The normalized spacial score (nSPS) is 16.6. The van der Waals surface area contributed by atoms with E-state index in [9.17, 15) is 13.2 Å². The molecule has 27 heavy (non-hydrogen) atoms. The van der Waals surface area contributed by atoms with Crippen LogP contribution in [0.4, 0.5) is 5.69 Å². The van der Waals surface area contributed by atoms with Crippen LogP contribution in [0, 0.1) is 20.8 Å². The van der Waals surface area contributed by atoms with Gasteiger partial charge in [0.15, 0.2) is 0 Å². The molecule has 0 spiro atoms. The summed E-state index contributed by atoms with van der Waals surface area (Å²) in [5.74, 6) is -0.0323. The topological polar surface area (TPSA) is 84.3 Å². The second kappa shape index (κ2) is 7.09. The number of anilines is 1. The zero-order valence-electron chi connectivity index (χ0n) is 16.4. The predicted octanol–water partition coefficient (Wildman–Crippen LogP) is 2.08. The highest BCUT2D eigenvalue weighted by atomic mass is 32.2. The van der Waals surface area contributed by atoms with Crippen molar-refractivity contribution in [2.24, 2.45) is 0 Å². The zero-order chi connectivity index (χ0) is 19.9. The number of nitrogens with one attached hydrogen (secondary N) is 1. The lowest BCUT2D eigenvalue weighted by atomic mass is 10.1. The van der Waals surface area contributed by atoms with Gasteiger partial charge in [-0.15, -0.1) is 0 Å². The van der Waals surface area contributed by atoms with Crippen LogP contribution in [0.5, 0.6) is 0 Å². The first-order valence-corrected chi connectivity index (χ1v) is 10.5. The summed E-state index contributed by atoms with van der Waals surface area (Å²) >= 11 is 0. The summed E-state index contributed by atoms with van der Waals surface area (Å²) in [7, 11) is -3.62. The number of rotatable bonds is 5. The summed E-state index contributed by atoms with van der Waals surface area (Å²) in [6, 6.07) is 4.99. The highest BCUT2D eigenvalue weighted by molar-refractivity contribution is 7.89. The summed E-state index contributed by atoms with van der Waals surface area (Å²) < 4.78 is 29.8. The molecular weight excluding hydrogens is 364 g/mol.